The van der Waals surface area contributed by atoms with Gasteiger partial charge in [-0.3, -0.25) is 0 Å². The number of aromatic nitrogens is 1. The van der Waals surface area contributed by atoms with Gasteiger partial charge in [-0.2, -0.15) is 0 Å². The molecule has 5 heteroatoms. The maximum Gasteiger partial charge on any atom is 0.213 e. The molecule has 1 N–H and O–H groups in total. The van der Waals surface area contributed by atoms with Crippen LogP contribution in [0.4, 0.5) is 0 Å². The number of thiophene rings is 1. The molecule has 0 bridgehead atoms. The van der Waals surface area contributed by atoms with Crippen LogP contribution < -0.4 is 10.1 Å². The first-order chi connectivity index (χ1) is 8.70. The van der Waals surface area contributed by atoms with Crippen molar-refractivity contribution >= 4 is 27.3 Å². The summed E-state index contributed by atoms with van der Waals surface area (Å²) in [5.41, 5.74) is 1.17. The Hall–Kier alpha value is -0.910. The molecule has 0 aliphatic heterocycles. The summed E-state index contributed by atoms with van der Waals surface area (Å²) in [7, 11) is 1.63. The number of pyridine rings is 1. The molecular weight excluding hydrogens is 312 g/mol. The molecule has 2 aromatic heterocycles. The molecule has 1 atom stereocenters. The minimum atomic E-state index is 0.318. The number of nitrogens with one attached hydrogen (secondary N) is 1. The van der Waals surface area contributed by atoms with Crippen molar-refractivity contribution in [2.75, 3.05) is 7.11 Å². The number of nitrogens with zero attached hydrogens (tertiary/aromatic N) is 1. The summed E-state index contributed by atoms with van der Waals surface area (Å²) in [6.07, 6.45) is 1.77. The van der Waals surface area contributed by atoms with Crippen molar-refractivity contribution in [2.45, 2.75) is 19.5 Å². The number of rotatable bonds is 5. The number of halogens is 1. The Morgan fingerprint density at radius 1 is 1.50 bits per heavy atom. The van der Waals surface area contributed by atoms with E-state index in [1.807, 2.05) is 12.1 Å². The van der Waals surface area contributed by atoms with Gasteiger partial charge in [0.05, 0.1) is 7.11 Å². The highest BCUT2D eigenvalue weighted by molar-refractivity contribution is 9.10. The fourth-order valence-electron chi connectivity index (χ4n) is 1.65. The van der Waals surface area contributed by atoms with Crippen LogP contribution in [0.3, 0.4) is 0 Å². The van der Waals surface area contributed by atoms with Gasteiger partial charge in [-0.1, -0.05) is 0 Å². The van der Waals surface area contributed by atoms with E-state index < -0.39 is 0 Å². The van der Waals surface area contributed by atoms with Crippen LogP contribution in [-0.2, 0) is 6.54 Å². The zero-order valence-corrected chi connectivity index (χ0v) is 12.7. The molecule has 0 fully saturated rings. The normalized spacial score (nSPS) is 12.4. The van der Waals surface area contributed by atoms with Crippen molar-refractivity contribution in [1.29, 1.82) is 0 Å². The highest BCUT2D eigenvalue weighted by Gasteiger charge is 2.10. The number of hydrogen-bond acceptors (Lipinski definition) is 4. The van der Waals surface area contributed by atoms with Gasteiger partial charge in [-0.15, -0.1) is 11.3 Å². The first-order valence-electron chi connectivity index (χ1n) is 5.66. The van der Waals surface area contributed by atoms with Gasteiger partial charge < -0.3 is 10.1 Å². The van der Waals surface area contributed by atoms with Crippen molar-refractivity contribution < 1.29 is 4.74 Å². The molecule has 96 valence electrons. The third kappa shape index (κ3) is 3.31. The minimum absolute atomic E-state index is 0.318. The van der Waals surface area contributed by atoms with Crippen molar-refractivity contribution in [3.8, 4) is 5.88 Å². The van der Waals surface area contributed by atoms with Gasteiger partial charge in [0.1, 0.15) is 0 Å². The molecule has 0 aliphatic carbocycles. The quantitative estimate of drug-likeness (QED) is 0.908. The molecule has 0 amide bonds. The Bertz CT molecular complexity index is 515. The van der Waals surface area contributed by atoms with E-state index in [0.717, 1.165) is 6.54 Å². The number of methoxy groups -OCH3 is 1. The lowest BCUT2D eigenvalue weighted by atomic mass is 10.2. The first-order valence-corrected chi connectivity index (χ1v) is 7.33. The van der Waals surface area contributed by atoms with E-state index in [0.29, 0.717) is 11.9 Å². The van der Waals surface area contributed by atoms with Crippen molar-refractivity contribution in [3.63, 3.8) is 0 Å². The third-order valence-corrected chi connectivity index (χ3v) is 4.71. The predicted octanol–water partition coefficient (Wildman–Crippen LogP) is 3.77. The second kappa shape index (κ2) is 6.31. The van der Waals surface area contributed by atoms with E-state index in [1.54, 1.807) is 24.6 Å². The van der Waals surface area contributed by atoms with Gasteiger partial charge in [0.25, 0.3) is 0 Å². The zero-order valence-electron chi connectivity index (χ0n) is 10.3. The number of ether oxygens (including phenoxy) is 1. The summed E-state index contributed by atoms with van der Waals surface area (Å²) in [5.74, 6) is 0.652. The molecule has 2 aromatic rings. The molecule has 0 radical (unpaired) electrons. The smallest absolute Gasteiger partial charge is 0.213 e. The molecule has 0 aromatic carbocycles. The summed E-state index contributed by atoms with van der Waals surface area (Å²) in [6.45, 7) is 2.96. The van der Waals surface area contributed by atoms with Crippen LogP contribution in [-0.4, -0.2) is 12.1 Å². The largest absolute Gasteiger partial charge is 0.481 e. The Morgan fingerprint density at radius 3 is 3.00 bits per heavy atom. The lowest BCUT2D eigenvalue weighted by Crippen LogP contribution is -2.17. The van der Waals surface area contributed by atoms with Crippen molar-refractivity contribution in [2.24, 2.45) is 0 Å². The summed E-state index contributed by atoms with van der Waals surface area (Å²) < 4.78 is 6.28. The highest BCUT2D eigenvalue weighted by Crippen LogP contribution is 2.28. The van der Waals surface area contributed by atoms with Crippen LogP contribution in [0.25, 0.3) is 0 Å². The van der Waals surface area contributed by atoms with E-state index in [1.165, 1.54) is 14.9 Å². The molecule has 18 heavy (non-hydrogen) atoms. The molecule has 3 nitrogen and oxygen atoms in total. The summed E-state index contributed by atoms with van der Waals surface area (Å²) in [5, 5.41) is 5.58. The van der Waals surface area contributed by atoms with Crippen LogP contribution in [0.2, 0.25) is 0 Å². The molecule has 0 spiro atoms. The lowest BCUT2D eigenvalue weighted by molar-refractivity contribution is 0.397. The minimum Gasteiger partial charge on any atom is -0.481 e. The maximum absolute atomic E-state index is 5.11. The highest BCUT2D eigenvalue weighted by atomic mass is 79.9. The van der Waals surface area contributed by atoms with E-state index in [2.05, 4.69) is 44.6 Å². The summed E-state index contributed by atoms with van der Waals surface area (Å²) in [6, 6.07) is 6.33. The third-order valence-electron chi connectivity index (χ3n) is 2.66. The fourth-order valence-corrected chi connectivity index (χ4v) is 3.40. The van der Waals surface area contributed by atoms with Gasteiger partial charge in [0, 0.05) is 34.2 Å². The first kappa shape index (κ1) is 13.5. The second-order valence-electron chi connectivity index (χ2n) is 3.94. The zero-order chi connectivity index (χ0) is 13.0. The van der Waals surface area contributed by atoms with Crippen LogP contribution in [0.1, 0.15) is 23.4 Å². The Kier molecular flexibility index (Phi) is 4.74. The lowest BCUT2D eigenvalue weighted by Gasteiger charge is -2.13. The van der Waals surface area contributed by atoms with E-state index >= 15 is 0 Å². The average Bonchev–Trinajstić information content (AvgIpc) is 2.82. The summed E-state index contributed by atoms with van der Waals surface area (Å²) in [4.78, 5) is 5.41. The topological polar surface area (TPSA) is 34.1 Å². The van der Waals surface area contributed by atoms with Crippen LogP contribution in [0.15, 0.2) is 34.2 Å². The predicted molar refractivity (Wildman–Crippen MR) is 78.1 cm³/mol. The van der Waals surface area contributed by atoms with Gasteiger partial charge in [-0.25, -0.2) is 4.98 Å². The number of hydrogen-bond donors (Lipinski definition) is 1. The Balaban J connectivity index is 1.97. The molecule has 0 saturated carbocycles. The molecule has 1 unspecified atom stereocenters. The molecular formula is C13H15BrN2OS. The molecule has 2 heterocycles. The molecule has 0 aliphatic rings. The second-order valence-corrected chi connectivity index (χ2v) is 5.74. The maximum atomic E-state index is 5.11. The van der Waals surface area contributed by atoms with Gasteiger partial charge in [0.15, 0.2) is 0 Å². The van der Waals surface area contributed by atoms with Gasteiger partial charge in [-0.05, 0) is 45.9 Å². The Labute approximate surface area is 119 Å². The standard InChI is InChI=1S/C13H15BrN2OS/c1-9(13-11(14)4-6-18-13)16-8-10-3-5-15-12(7-10)17-2/h3-7,9,16H,8H2,1-2H3. The van der Waals surface area contributed by atoms with Crippen LogP contribution >= 0.6 is 27.3 Å². The summed E-state index contributed by atoms with van der Waals surface area (Å²) >= 11 is 5.31. The monoisotopic (exact) mass is 326 g/mol. The van der Waals surface area contributed by atoms with Crippen molar-refractivity contribution in [1.82, 2.24) is 10.3 Å². The SMILES string of the molecule is COc1cc(CNC(C)c2sccc2Br)ccn1. The van der Waals surface area contributed by atoms with E-state index in [-0.39, 0.29) is 0 Å². The Morgan fingerprint density at radius 2 is 2.33 bits per heavy atom. The van der Waals surface area contributed by atoms with Crippen molar-refractivity contribution in [3.05, 3.63) is 44.7 Å². The van der Waals surface area contributed by atoms with Gasteiger partial charge >= 0.3 is 0 Å². The van der Waals surface area contributed by atoms with Crippen LogP contribution in [0, 0.1) is 0 Å². The molecule has 0 saturated heterocycles. The van der Waals surface area contributed by atoms with Crippen LogP contribution in [0.5, 0.6) is 5.88 Å². The fraction of sp³-hybridized carbons (Fsp3) is 0.308. The van der Waals surface area contributed by atoms with E-state index in [4.69, 9.17) is 4.74 Å². The van der Waals surface area contributed by atoms with E-state index in [9.17, 15) is 0 Å². The average molecular weight is 327 g/mol. The van der Waals surface area contributed by atoms with Gasteiger partial charge in [0.2, 0.25) is 5.88 Å². The molecule has 2 rings (SSSR count).